The number of hydrogen-bond donors (Lipinski definition) is 0. The Morgan fingerprint density at radius 1 is 0.717 bits per heavy atom. The summed E-state index contributed by atoms with van der Waals surface area (Å²) in [6, 6.07) is 27.1. The van der Waals surface area contributed by atoms with Gasteiger partial charge in [0.2, 0.25) is 0 Å². The average Bonchev–Trinajstić information content (AvgIpc) is 3.15. The summed E-state index contributed by atoms with van der Waals surface area (Å²) in [6.07, 6.45) is 1.18. The van der Waals surface area contributed by atoms with Gasteiger partial charge in [0.1, 0.15) is 17.6 Å². The van der Waals surface area contributed by atoms with Crippen molar-refractivity contribution >= 4 is 23.4 Å². The molecule has 0 radical (unpaired) electrons. The number of ether oxygens (including phenoxy) is 4. The third-order valence-electron chi connectivity index (χ3n) is 7.79. The van der Waals surface area contributed by atoms with Crippen LogP contribution in [0.1, 0.15) is 71.7 Å². The highest BCUT2D eigenvalue weighted by molar-refractivity contribution is 5.91. The first kappa shape index (κ1) is 40.0. The third-order valence-corrected chi connectivity index (χ3v) is 7.79. The van der Waals surface area contributed by atoms with Gasteiger partial charge in [-0.15, -0.1) is 0 Å². The fraction of sp³-hybridized carbons (Fsp3) is 0.308. The number of hydrogen-bond acceptors (Lipinski definition) is 9. The van der Waals surface area contributed by atoms with E-state index in [1.54, 1.807) is 12.1 Å². The Kier molecular flexibility index (Phi) is 15.3. The van der Waals surface area contributed by atoms with E-state index in [1.165, 1.54) is 0 Å². The lowest BCUT2D eigenvalue weighted by molar-refractivity contribution is -0.394. The molecule has 0 spiro atoms. The second-order valence-corrected chi connectivity index (χ2v) is 11.9. The number of nitro groups is 2. The number of unbranched alkanes of at least 4 members (excludes halogenated alkanes) is 3. The maximum Gasteiger partial charge on any atom is 0.389 e. The van der Waals surface area contributed by atoms with Crippen LogP contribution >= 0.6 is 0 Å². The van der Waals surface area contributed by atoms with Crippen LogP contribution in [0.25, 0.3) is 6.08 Å². The molecule has 11 nitrogen and oxygen atoms in total. The number of alkyl halides is 3. The van der Waals surface area contributed by atoms with Crippen molar-refractivity contribution in [2.24, 2.45) is 0 Å². The lowest BCUT2D eigenvalue weighted by Gasteiger charge is -2.21. The van der Waals surface area contributed by atoms with Crippen LogP contribution in [0.15, 0.2) is 103 Å². The highest BCUT2D eigenvalue weighted by atomic mass is 19.4. The van der Waals surface area contributed by atoms with Gasteiger partial charge in [-0.3, -0.25) is 20.2 Å². The number of benzene rings is 4. The minimum Gasteiger partial charge on any atom is -0.494 e. The summed E-state index contributed by atoms with van der Waals surface area (Å²) in [7, 11) is 0. The highest BCUT2D eigenvalue weighted by Crippen LogP contribution is 2.30. The van der Waals surface area contributed by atoms with E-state index in [2.05, 4.69) is 0 Å². The maximum atomic E-state index is 12.4. The Morgan fingerprint density at radius 3 is 1.94 bits per heavy atom. The second-order valence-electron chi connectivity index (χ2n) is 11.9. The number of carbonyl (C=O) groups excluding carboxylic acids is 1. The van der Waals surface area contributed by atoms with E-state index >= 15 is 0 Å². The van der Waals surface area contributed by atoms with E-state index < -0.39 is 45.9 Å². The first-order valence-electron chi connectivity index (χ1n) is 16.9. The lowest BCUT2D eigenvalue weighted by atomic mass is 10.0. The van der Waals surface area contributed by atoms with E-state index in [0.717, 1.165) is 54.2 Å². The molecule has 4 aromatic carbocycles. The van der Waals surface area contributed by atoms with Gasteiger partial charge in [-0.05, 0) is 66.6 Å². The topological polar surface area (TPSA) is 140 Å². The van der Waals surface area contributed by atoms with E-state index in [4.69, 9.17) is 18.9 Å². The van der Waals surface area contributed by atoms with Crippen LogP contribution < -0.4 is 9.47 Å². The molecule has 1 atom stereocenters. The van der Waals surface area contributed by atoms with Crippen molar-refractivity contribution in [3.8, 4) is 11.5 Å². The second kappa shape index (κ2) is 20.3. The minimum absolute atomic E-state index is 0.0249. The molecular weight excluding hydrogens is 697 g/mol. The van der Waals surface area contributed by atoms with Gasteiger partial charge in [0, 0.05) is 25.2 Å². The standard InChI is InChI=1S/C39H39F3N2O9/c40-39(41,42)21-9-25-51-35-19-15-31(16-20-35)37(30-11-4-3-5-12-30)53-36-17-13-29(14-18-36)10-8-23-50-22-6-1-2-7-24-52-38(45)32-26-33(43(46)47)28-34(27-32)44(48)49/h3-5,8,10-20,26-28,37H,1-2,6-7,9,21-25H2/b10-8+. The molecule has 0 amide bonds. The molecule has 0 fully saturated rings. The SMILES string of the molecule is O=C(OCCCCCCOC/C=C/c1ccc(OC(c2ccccc2)c2ccc(OCCCC(F)(F)F)cc2)cc1)c1cc([N+](=O)[O-])cc([N+](=O)[O-])c1. The predicted octanol–water partition coefficient (Wildman–Crippen LogP) is 9.84. The van der Waals surface area contributed by atoms with Crippen LogP contribution in [-0.4, -0.2) is 48.4 Å². The Morgan fingerprint density at radius 2 is 1.32 bits per heavy atom. The van der Waals surface area contributed by atoms with E-state index in [1.807, 2.05) is 78.9 Å². The van der Waals surface area contributed by atoms with Gasteiger partial charge in [-0.25, -0.2) is 4.79 Å². The molecule has 0 heterocycles. The monoisotopic (exact) mass is 736 g/mol. The molecule has 0 saturated heterocycles. The number of nitro benzene ring substituents is 2. The smallest absolute Gasteiger partial charge is 0.389 e. The molecule has 0 bridgehead atoms. The van der Waals surface area contributed by atoms with Crippen LogP contribution in [0.5, 0.6) is 11.5 Å². The fourth-order valence-electron chi connectivity index (χ4n) is 5.12. The molecule has 0 saturated carbocycles. The predicted molar refractivity (Wildman–Crippen MR) is 191 cm³/mol. The molecule has 4 rings (SSSR count). The van der Waals surface area contributed by atoms with Crippen molar-refractivity contribution in [3.05, 3.63) is 146 Å². The van der Waals surface area contributed by atoms with Crippen LogP contribution in [0, 0.1) is 20.2 Å². The maximum absolute atomic E-state index is 12.4. The van der Waals surface area contributed by atoms with Gasteiger partial charge >= 0.3 is 12.1 Å². The normalized spacial score (nSPS) is 12.0. The van der Waals surface area contributed by atoms with Gasteiger partial charge < -0.3 is 18.9 Å². The summed E-state index contributed by atoms with van der Waals surface area (Å²) in [4.78, 5) is 32.7. The van der Waals surface area contributed by atoms with Crippen LogP contribution in [0.4, 0.5) is 24.5 Å². The summed E-state index contributed by atoms with van der Waals surface area (Å²) in [5, 5.41) is 22.0. The van der Waals surface area contributed by atoms with Gasteiger partial charge in [-0.1, -0.05) is 73.2 Å². The molecule has 53 heavy (non-hydrogen) atoms. The van der Waals surface area contributed by atoms with E-state index in [9.17, 15) is 38.2 Å². The van der Waals surface area contributed by atoms with Crippen molar-refractivity contribution in [2.75, 3.05) is 26.4 Å². The first-order chi connectivity index (χ1) is 25.5. The Labute approximate surface area is 304 Å². The van der Waals surface area contributed by atoms with Crippen molar-refractivity contribution in [3.63, 3.8) is 0 Å². The van der Waals surface area contributed by atoms with Crippen LogP contribution in [0.3, 0.4) is 0 Å². The summed E-state index contributed by atoms with van der Waals surface area (Å²) >= 11 is 0. The minimum atomic E-state index is -4.20. The lowest BCUT2D eigenvalue weighted by Crippen LogP contribution is -2.10. The summed E-state index contributed by atoms with van der Waals surface area (Å²) in [5.74, 6) is 0.285. The molecule has 4 aromatic rings. The van der Waals surface area contributed by atoms with Crippen molar-refractivity contribution in [2.45, 2.75) is 50.8 Å². The van der Waals surface area contributed by atoms with Crippen LogP contribution in [0.2, 0.25) is 0 Å². The van der Waals surface area contributed by atoms with Crippen LogP contribution in [-0.2, 0) is 9.47 Å². The van der Waals surface area contributed by atoms with E-state index in [0.29, 0.717) is 31.1 Å². The zero-order valence-corrected chi connectivity index (χ0v) is 28.7. The molecule has 0 aliphatic heterocycles. The molecule has 280 valence electrons. The first-order valence-corrected chi connectivity index (χ1v) is 16.9. The van der Waals surface area contributed by atoms with Gasteiger partial charge in [0.05, 0.1) is 41.3 Å². The van der Waals surface area contributed by atoms with Crippen molar-refractivity contribution in [1.29, 1.82) is 0 Å². The quantitative estimate of drug-likeness (QED) is 0.0354. The van der Waals surface area contributed by atoms with Crippen molar-refractivity contribution in [1.82, 2.24) is 0 Å². The molecule has 14 heteroatoms. The van der Waals surface area contributed by atoms with Gasteiger partial charge in [-0.2, -0.15) is 13.2 Å². The number of non-ortho nitro benzene ring substituents is 2. The Bertz CT molecular complexity index is 1770. The molecular formula is C39H39F3N2O9. The highest BCUT2D eigenvalue weighted by Gasteiger charge is 2.26. The molecule has 0 aliphatic carbocycles. The zero-order valence-electron chi connectivity index (χ0n) is 28.7. The van der Waals surface area contributed by atoms with Crippen molar-refractivity contribution < 1.29 is 46.8 Å². The van der Waals surface area contributed by atoms with E-state index in [-0.39, 0.29) is 25.2 Å². The molecule has 1 unspecified atom stereocenters. The van der Waals surface area contributed by atoms with Gasteiger partial charge in [0.25, 0.3) is 11.4 Å². The summed E-state index contributed by atoms with van der Waals surface area (Å²) < 4.78 is 59.9. The Hall–Kier alpha value is -5.76. The summed E-state index contributed by atoms with van der Waals surface area (Å²) in [5.41, 5.74) is 1.39. The molecule has 0 N–H and O–H groups in total. The molecule has 0 aromatic heterocycles. The largest absolute Gasteiger partial charge is 0.494 e. The number of halogens is 3. The number of rotatable bonds is 21. The van der Waals surface area contributed by atoms with Gasteiger partial charge in [0.15, 0.2) is 0 Å². The summed E-state index contributed by atoms with van der Waals surface area (Å²) in [6.45, 7) is 1.02. The number of carbonyl (C=O) groups is 1. The Balaban J connectivity index is 1.15. The zero-order chi connectivity index (χ0) is 38.1. The fourth-order valence-corrected chi connectivity index (χ4v) is 5.12. The average molecular weight is 737 g/mol. The number of nitrogens with zero attached hydrogens (tertiary/aromatic N) is 2. The number of esters is 1. The third kappa shape index (κ3) is 14.1. The molecule has 0 aliphatic rings.